The van der Waals surface area contributed by atoms with Crippen LogP contribution < -0.4 is 5.73 Å². The Morgan fingerprint density at radius 1 is 1.20 bits per heavy atom. The standard InChI is InChI=1S/C13H26N2/c1-10-5-3-4-6-12(10)15(2)13(9-14)11-7-8-11/h10-13H,3-9,14H2,1-2H3. The smallest absolute Gasteiger partial charge is 0.0246 e. The first-order valence-electron chi connectivity index (χ1n) is 6.66. The van der Waals surface area contributed by atoms with E-state index in [1.807, 2.05) is 0 Å². The van der Waals surface area contributed by atoms with Crippen molar-refractivity contribution in [2.24, 2.45) is 17.6 Å². The zero-order valence-electron chi connectivity index (χ0n) is 10.3. The fraction of sp³-hybridized carbons (Fsp3) is 1.00. The molecule has 0 radical (unpaired) electrons. The fourth-order valence-corrected chi connectivity index (χ4v) is 3.32. The van der Waals surface area contributed by atoms with Gasteiger partial charge in [-0.05, 0) is 44.6 Å². The molecule has 2 aliphatic carbocycles. The summed E-state index contributed by atoms with van der Waals surface area (Å²) in [6.45, 7) is 3.27. The van der Waals surface area contributed by atoms with Gasteiger partial charge in [0.1, 0.15) is 0 Å². The van der Waals surface area contributed by atoms with Crippen LogP contribution in [0.5, 0.6) is 0 Å². The summed E-state index contributed by atoms with van der Waals surface area (Å²) in [5.74, 6) is 1.78. The summed E-state index contributed by atoms with van der Waals surface area (Å²) < 4.78 is 0. The summed E-state index contributed by atoms with van der Waals surface area (Å²) in [5, 5.41) is 0. The summed E-state index contributed by atoms with van der Waals surface area (Å²) in [6.07, 6.45) is 8.47. The van der Waals surface area contributed by atoms with Crippen molar-refractivity contribution in [2.45, 2.75) is 57.5 Å². The molecule has 0 bridgehead atoms. The lowest BCUT2D eigenvalue weighted by Crippen LogP contribution is -2.49. The maximum Gasteiger partial charge on any atom is 0.0246 e. The van der Waals surface area contributed by atoms with Gasteiger partial charge in [0.2, 0.25) is 0 Å². The van der Waals surface area contributed by atoms with Gasteiger partial charge in [0.15, 0.2) is 0 Å². The van der Waals surface area contributed by atoms with E-state index in [0.717, 1.165) is 24.4 Å². The summed E-state index contributed by atoms with van der Waals surface area (Å²) in [5.41, 5.74) is 5.93. The molecular weight excluding hydrogens is 184 g/mol. The van der Waals surface area contributed by atoms with Gasteiger partial charge in [-0.3, -0.25) is 4.90 Å². The third kappa shape index (κ3) is 2.54. The molecule has 0 spiro atoms. The topological polar surface area (TPSA) is 29.3 Å². The zero-order valence-corrected chi connectivity index (χ0v) is 10.3. The molecule has 0 aromatic carbocycles. The quantitative estimate of drug-likeness (QED) is 0.771. The second kappa shape index (κ2) is 4.84. The summed E-state index contributed by atoms with van der Waals surface area (Å²) in [4.78, 5) is 2.61. The Hall–Kier alpha value is -0.0800. The Bertz CT molecular complexity index is 201. The molecule has 0 aromatic rings. The molecule has 2 heteroatoms. The number of hydrogen-bond donors (Lipinski definition) is 1. The maximum absolute atomic E-state index is 5.93. The van der Waals surface area contributed by atoms with Crippen molar-refractivity contribution >= 4 is 0 Å². The Morgan fingerprint density at radius 2 is 1.87 bits per heavy atom. The van der Waals surface area contributed by atoms with Crippen molar-refractivity contribution < 1.29 is 0 Å². The molecule has 2 rings (SSSR count). The van der Waals surface area contributed by atoms with Gasteiger partial charge in [0.25, 0.3) is 0 Å². The summed E-state index contributed by atoms with van der Waals surface area (Å²) in [7, 11) is 2.31. The van der Waals surface area contributed by atoms with Crippen LogP contribution in [0.15, 0.2) is 0 Å². The van der Waals surface area contributed by atoms with E-state index in [-0.39, 0.29) is 0 Å². The number of rotatable bonds is 4. The van der Waals surface area contributed by atoms with Crippen LogP contribution in [0, 0.1) is 11.8 Å². The molecule has 2 fully saturated rings. The van der Waals surface area contributed by atoms with Crippen LogP contribution in [0.25, 0.3) is 0 Å². The molecule has 15 heavy (non-hydrogen) atoms. The Morgan fingerprint density at radius 3 is 2.40 bits per heavy atom. The largest absolute Gasteiger partial charge is 0.329 e. The first-order chi connectivity index (χ1) is 7.24. The van der Waals surface area contributed by atoms with E-state index < -0.39 is 0 Å². The van der Waals surface area contributed by atoms with Crippen molar-refractivity contribution in [1.29, 1.82) is 0 Å². The van der Waals surface area contributed by atoms with Gasteiger partial charge in [-0.1, -0.05) is 19.8 Å². The van der Waals surface area contributed by atoms with Gasteiger partial charge < -0.3 is 5.73 Å². The Balaban J connectivity index is 1.94. The maximum atomic E-state index is 5.93. The van der Waals surface area contributed by atoms with Crippen molar-refractivity contribution in [2.75, 3.05) is 13.6 Å². The van der Waals surface area contributed by atoms with Crippen LogP contribution in [-0.2, 0) is 0 Å². The molecule has 3 atom stereocenters. The minimum Gasteiger partial charge on any atom is -0.329 e. The van der Waals surface area contributed by atoms with E-state index in [0.29, 0.717) is 6.04 Å². The third-order valence-electron chi connectivity index (χ3n) is 4.52. The lowest BCUT2D eigenvalue weighted by molar-refractivity contribution is 0.0893. The molecule has 0 heterocycles. The van der Waals surface area contributed by atoms with Crippen LogP contribution in [-0.4, -0.2) is 30.6 Å². The average molecular weight is 210 g/mol. The van der Waals surface area contributed by atoms with Crippen LogP contribution >= 0.6 is 0 Å². The molecule has 2 N–H and O–H groups in total. The molecule has 0 amide bonds. The van der Waals surface area contributed by atoms with E-state index in [1.165, 1.54) is 38.5 Å². The van der Waals surface area contributed by atoms with Crippen molar-refractivity contribution in [3.05, 3.63) is 0 Å². The van der Waals surface area contributed by atoms with E-state index >= 15 is 0 Å². The molecule has 0 aromatic heterocycles. The third-order valence-corrected chi connectivity index (χ3v) is 4.52. The lowest BCUT2D eigenvalue weighted by Gasteiger charge is -2.40. The second-order valence-electron chi connectivity index (χ2n) is 5.64. The van der Waals surface area contributed by atoms with E-state index in [1.54, 1.807) is 0 Å². The van der Waals surface area contributed by atoms with E-state index in [2.05, 4.69) is 18.9 Å². The molecule has 0 aliphatic heterocycles. The first-order valence-corrected chi connectivity index (χ1v) is 6.66. The van der Waals surface area contributed by atoms with Gasteiger partial charge in [-0.2, -0.15) is 0 Å². The highest BCUT2D eigenvalue weighted by Gasteiger charge is 2.37. The van der Waals surface area contributed by atoms with Gasteiger partial charge in [-0.25, -0.2) is 0 Å². The normalized spacial score (nSPS) is 34.4. The van der Waals surface area contributed by atoms with Crippen LogP contribution in [0.3, 0.4) is 0 Å². The first kappa shape index (κ1) is 11.4. The highest BCUT2D eigenvalue weighted by molar-refractivity contribution is 4.92. The molecular formula is C13H26N2. The molecule has 2 saturated carbocycles. The number of nitrogens with two attached hydrogens (primary N) is 1. The van der Waals surface area contributed by atoms with Crippen molar-refractivity contribution in [3.63, 3.8) is 0 Å². The average Bonchev–Trinajstić information content (AvgIpc) is 3.03. The highest BCUT2D eigenvalue weighted by Crippen LogP contribution is 2.37. The molecule has 2 nitrogen and oxygen atoms in total. The van der Waals surface area contributed by atoms with E-state index in [4.69, 9.17) is 5.73 Å². The lowest BCUT2D eigenvalue weighted by atomic mass is 9.84. The van der Waals surface area contributed by atoms with Crippen molar-refractivity contribution in [1.82, 2.24) is 4.90 Å². The zero-order chi connectivity index (χ0) is 10.8. The van der Waals surface area contributed by atoms with Crippen LogP contribution in [0.2, 0.25) is 0 Å². The van der Waals surface area contributed by atoms with Gasteiger partial charge in [-0.15, -0.1) is 0 Å². The van der Waals surface area contributed by atoms with E-state index in [9.17, 15) is 0 Å². The molecule has 88 valence electrons. The Kier molecular flexibility index (Phi) is 3.68. The highest BCUT2D eigenvalue weighted by atomic mass is 15.2. The monoisotopic (exact) mass is 210 g/mol. The van der Waals surface area contributed by atoms with Gasteiger partial charge in [0.05, 0.1) is 0 Å². The van der Waals surface area contributed by atoms with Crippen molar-refractivity contribution in [3.8, 4) is 0 Å². The van der Waals surface area contributed by atoms with Gasteiger partial charge >= 0.3 is 0 Å². The molecule has 2 aliphatic rings. The summed E-state index contributed by atoms with van der Waals surface area (Å²) >= 11 is 0. The SMILES string of the molecule is CC1CCCCC1N(C)C(CN)C1CC1. The second-order valence-corrected chi connectivity index (χ2v) is 5.64. The minimum absolute atomic E-state index is 0.663. The fourth-order valence-electron chi connectivity index (χ4n) is 3.32. The Labute approximate surface area is 94.2 Å². The van der Waals surface area contributed by atoms with Crippen LogP contribution in [0.4, 0.5) is 0 Å². The number of likely N-dealkylation sites (N-methyl/N-ethyl adjacent to an activating group) is 1. The number of hydrogen-bond acceptors (Lipinski definition) is 2. The summed E-state index contributed by atoms with van der Waals surface area (Å²) in [6, 6.07) is 1.46. The molecule has 0 saturated heterocycles. The molecule has 3 unspecified atom stereocenters. The minimum atomic E-state index is 0.663. The van der Waals surface area contributed by atoms with Crippen LogP contribution in [0.1, 0.15) is 45.4 Å². The predicted octanol–water partition coefficient (Wildman–Crippen LogP) is 2.23. The van der Waals surface area contributed by atoms with Gasteiger partial charge in [0, 0.05) is 18.6 Å². The number of nitrogens with zero attached hydrogens (tertiary/aromatic N) is 1. The predicted molar refractivity (Wildman–Crippen MR) is 64.7 cm³/mol.